The average molecular weight is 725 g/mol. The average Bonchev–Trinajstić information content (AvgIpc) is 3.22. The molecule has 0 amide bonds. The maximum Gasteiger partial charge on any atom is 0.163 e. The van der Waals surface area contributed by atoms with Gasteiger partial charge in [-0.1, -0.05) is 102 Å². The Morgan fingerprint density at radius 1 is 0.717 bits per heavy atom. The van der Waals surface area contributed by atoms with Gasteiger partial charge in [-0.05, 0) is 80.0 Å². The molecular formula is C46H60O7. The van der Waals surface area contributed by atoms with Crippen LogP contribution in [0.15, 0.2) is 54.7 Å². The minimum atomic E-state index is -0.887. The number of rotatable bonds is 13. The van der Waals surface area contributed by atoms with Crippen molar-refractivity contribution >= 4 is 40.5 Å². The Kier molecular flexibility index (Phi) is 17.6. The first-order chi connectivity index (χ1) is 25.4. The highest BCUT2D eigenvalue weighted by atomic mass is 16.2. The lowest BCUT2D eigenvalue weighted by Gasteiger charge is -2.33. The van der Waals surface area contributed by atoms with Crippen LogP contribution < -0.4 is 0 Å². The molecule has 0 saturated carbocycles. The van der Waals surface area contributed by atoms with Crippen LogP contribution in [0, 0.1) is 36.5 Å². The topological polar surface area (TPSA) is 119 Å². The van der Waals surface area contributed by atoms with Gasteiger partial charge >= 0.3 is 0 Å². The van der Waals surface area contributed by atoms with Crippen LogP contribution in [0.4, 0.5) is 0 Å². The van der Waals surface area contributed by atoms with Gasteiger partial charge in [0.15, 0.2) is 5.78 Å². The van der Waals surface area contributed by atoms with E-state index in [2.05, 4.69) is 20.8 Å². The number of allylic oxidation sites excluding steroid dienone is 8. The van der Waals surface area contributed by atoms with E-state index in [1.165, 1.54) is 13.3 Å². The molecule has 4 rings (SSSR count). The third-order valence-electron chi connectivity index (χ3n) is 10.7. The molecule has 3 aliphatic rings. The molecule has 0 radical (unpaired) electrons. The molecule has 0 fully saturated rings. The van der Waals surface area contributed by atoms with Crippen molar-refractivity contribution in [3.63, 3.8) is 0 Å². The Labute approximate surface area is 316 Å². The summed E-state index contributed by atoms with van der Waals surface area (Å²) in [4.78, 5) is 92.6. The SMILES string of the molecule is CCC.CCCC(CC1CC(=O)c2c(C)c(CC3C(=O)C/C=C\C=C/CC3=O)cc(CC3C(=O)C/C=C\C=C/CC3=O)c2C1)C(CC)C(=O)CC(C)=O. The molecule has 7 nitrogen and oxygen atoms in total. The van der Waals surface area contributed by atoms with Gasteiger partial charge in [0.05, 0.1) is 18.3 Å². The monoisotopic (exact) mass is 724 g/mol. The number of hydrogen-bond donors (Lipinski definition) is 0. The molecule has 0 heterocycles. The van der Waals surface area contributed by atoms with E-state index in [9.17, 15) is 33.6 Å². The molecule has 0 saturated heterocycles. The van der Waals surface area contributed by atoms with Crippen LogP contribution in [-0.4, -0.2) is 40.5 Å². The molecule has 1 aromatic carbocycles. The summed E-state index contributed by atoms with van der Waals surface area (Å²) in [6.45, 7) is 11.6. The van der Waals surface area contributed by atoms with E-state index < -0.39 is 11.8 Å². The lowest BCUT2D eigenvalue weighted by atomic mass is 9.70. The lowest BCUT2D eigenvalue weighted by molar-refractivity contribution is -0.133. The molecular weight excluding hydrogens is 664 g/mol. The first-order valence-corrected chi connectivity index (χ1v) is 19.8. The zero-order valence-corrected chi connectivity index (χ0v) is 32.8. The third-order valence-corrected chi connectivity index (χ3v) is 10.7. The molecule has 0 bridgehead atoms. The summed E-state index contributed by atoms with van der Waals surface area (Å²) in [6, 6.07) is 1.94. The summed E-state index contributed by atoms with van der Waals surface area (Å²) < 4.78 is 0. The van der Waals surface area contributed by atoms with Crippen LogP contribution in [0.1, 0.15) is 138 Å². The molecule has 7 heteroatoms. The van der Waals surface area contributed by atoms with Crippen LogP contribution in [0.25, 0.3) is 0 Å². The van der Waals surface area contributed by atoms with E-state index in [1.54, 1.807) is 48.6 Å². The number of ketones is 7. The fourth-order valence-corrected chi connectivity index (χ4v) is 8.21. The van der Waals surface area contributed by atoms with Crippen molar-refractivity contribution in [3.8, 4) is 0 Å². The normalized spacial score (nSPS) is 22.0. The second-order valence-electron chi connectivity index (χ2n) is 15.1. The number of hydrogen-bond acceptors (Lipinski definition) is 7. The summed E-state index contributed by atoms with van der Waals surface area (Å²) in [5.74, 6) is -2.96. The fraction of sp³-hybridized carbons (Fsp3) is 0.543. The summed E-state index contributed by atoms with van der Waals surface area (Å²) >= 11 is 0. The van der Waals surface area contributed by atoms with E-state index in [0.29, 0.717) is 31.2 Å². The number of carbonyl (C=O) groups excluding carboxylic acids is 7. The number of carbonyl (C=O) groups is 7. The van der Waals surface area contributed by atoms with Crippen molar-refractivity contribution in [2.45, 2.75) is 131 Å². The van der Waals surface area contributed by atoms with Crippen molar-refractivity contribution < 1.29 is 33.6 Å². The zero-order valence-electron chi connectivity index (χ0n) is 32.8. The van der Waals surface area contributed by atoms with Gasteiger partial charge in [0, 0.05) is 43.6 Å². The van der Waals surface area contributed by atoms with Crippen LogP contribution in [-0.2, 0) is 48.0 Å². The first kappa shape index (κ1) is 43.3. The zero-order chi connectivity index (χ0) is 39.1. The van der Waals surface area contributed by atoms with Crippen molar-refractivity contribution in [1.82, 2.24) is 0 Å². The molecule has 3 unspecified atom stereocenters. The maximum absolute atomic E-state index is 14.2. The van der Waals surface area contributed by atoms with E-state index in [4.69, 9.17) is 0 Å². The molecule has 3 aliphatic carbocycles. The highest BCUT2D eigenvalue weighted by Gasteiger charge is 2.37. The van der Waals surface area contributed by atoms with Gasteiger partial charge in [0.1, 0.15) is 34.7 Å². The number of Topliss-reactive ketones (excluding diaryl/α,β-unsaturated/α-hetero) is 7. The molecule has 0 spiro atoms. The minimum absolute atomic E-state index is 0.0274. The molecule has 286 valence electrons. The van der Waals surface area contributed by atoms with E-state index in [1.807, 2.05) is 19.9 Å². The second kappa shape index (κ2) is 21.5. The van der Waals surface area contributed by atoms with Gasteiger partial charge in [-0.15, -0.1) is 0 Å². The smallest absolute Gasteiger partial charge is 0.163 e. The Hall–Kier alpha value is -4.13. The second-order valence-corrected chi connectivity index (χ2v) is 15.1. The predicted octanol–water partition coefficient (Wildman–Crippen LogP) is 8.94. The quantitative estimate of drug-likeness (QED) is 0.186. The largest absolute Gasteiger partial charge is 0.300 e. The molecule has 0 N–H and O–H groups in total. The van der Waals surface area contributed by atoms with Gasteiger partial charge in [-0.2, -0.15) is 0 Å². The maximum atomic E-state index is 14.2. The van der Waals surface area contributed by atoms with Gasteiger partial charge < -0.3 is 0 Å². The Morgan fingerprint density at radius 2 is 1.19 bits per heavy atom. The van der Waals surface area contributed by atoms with Gasteiger partial charge in [-0.3, -0.25) is 33.6 Å². The van der Waals surface area contributed by atoms with Crippen molar-refractivity contribution in [3.05, 3.63) is 82.5 Å². The summed E-state index contributed by atoms with van der Waals surface area (Å²) in [7, 11) is 0. The summed E-state index contributed by atoms with van der Waals surface area (Å²) in [5.41, 5.74) is 3.61. The highest BCUT2D eigenvalue weighted by Crippen LogP contribution is 2.40. The molecule has 1 aromatic rings. The summed E-state index contributed by atoms with van der Waals surface area (Å²) in [6.07, 6.45) is 19.9. The highest BCUT2D eigenvalue weighted by molar-refractivity contribution is 6.05. The Bertz CT molecular complexity index is 1600. The van der Waals surface area contributed by atoms with Crippen molar-refractivity contribution in [1.29, 1.82) is 0 Å². The third kappa shape index (κ3) is 12.2. The minimum Gasteiger partial charge on any atom is -0.300 e. The number of benzene rings is 1. The molecule has 3 atom stereocenters. The van der Waals surface area contributed by atoms with E-state index in [-0.39, 0.29) is 103 Å². The van der Waals surface area contributed by atoms with Gasteiger partial charge in [-0.25, -0.2) is 0 Å². The van der Waals surface area contributed by atoms with E-state index >= 15 is 0 Å². The van der Waals surface area contributed by atoms with Crippen LogP contribution in [0.3, 0.4) is 0 Å². The molecule has 53 heavy (non-hydrogen) atoms. The van der Waals surface area contributed by atoms with Crippen molar-refractivity contribution in [2.24, 2.45) is 29.6 Å². The standard InChI is InChI=1S/C43H52O7.C3H8/c1-5-15-30(33(6-2)41(49)20-27(3)44)21-29-22-34-32(26-36-39(47)18-13-9-10-14-19-40(36)48)24-31(28(4)43(34)42(50)23-29)25-35-37(45)16-11-7-8-12-17-38(35)46;1-3-2/h7-14,24,29-30,33,35-36H,5-6,15-23,25-26H2,1-4H3;3H2,1-2H3/b11-7-,12-8-,13-9-,14-10-;. The summed E-state index contributed by atoms with van der Waals surface area (Å²) in [5, 5.41) is 0. The van der Waals surface area contributed by atoms with Crippen LogP contribution in [0.5, 0.6) is 0 Å². The Morgan fingerprint density at radius 3 is 1.62 bits per heavy atom. The lowest BCUT2D eigenvalue weighted by Crippen LogP contribution is -2.32. The van der Waals surface area contributed by atoms with Crippen molar-refractivity contribution in [2.75, 3.05) is 0 Å². The first-order valence-electron chi connectivity index (χ1n) is 19.8. The molecule has 0 aliphatic heterocycles. The van der Waals surface area contributed by atoms with E-state index in [0.717, 1.165) is 35.1 Å². The fourth-order valence-electron chi connectivity index (χ4n) is 8.21. The molecule has 0 aromatic heterocycles. The van der Waals surface area contributed by atoms with Gasteiger partial charge in [0.25, 0.3) is 0 Å². The van der Waals surface area contributed by atoms with Crippen LogP contribution in [0.2, 0.25) is 0 Å². The number of fused-ring (bicyclic) bond motifs is 1. The Balaban J connectivity index is 0.00000243. The van der Waals surface area contributed by atoms with Gasteiger partial charge in [0.2, 0.25) is 0 Å². The van der Waals surface area contributed by atoms with Crippen LogP contribution >= 0.6 is 0 Å². The predicted molar refractivity (Wildman–Crippen MR) is 210 cm³/mol.